The molecule has 2 aliphatic heterocycles. The van der Waals surface area contributed by atoms with Gasteiger partial charge in [0.05, 0.1) is 0 Å². The number of hydrogen-bond donors (Lipinski definition) is 0. The molecule has 0 amide bonds. The number of allylic oxidation sites excluding steroid dienone is 2. The summed E-state index contributed by atoms with van der Waals surface area (Å²) in [6, 6.07) is 3.39. The van der Waals surface area contributed by atoms with Gasteiger partial charge in [-0.15, -0.1) is 0 Å². The molecule has 0 bridgehead atoms. The predicted octanol–water partition coefficient (Wildman–Crippen LogP) is 0.868. The zero-order chi connectivity index (χ0) is 6.97. The molecule has 2 aliphatic rings. The fourth-order valence-electron chi connectivity index (χ4n) is 1.13. The Hall–Kier alpha value is -1.36. The molecule has 0 fully saturated rings. The first-order valence-electron chi connectivity index (χ1n) is 3.28. The van der Waals surface area contributed by atoms with E-state index < -0.39 is 0 Å². The Labute approximate surface area is 59.6 Å². The van der Waals surface area contributed by atoms with E-state index in [0.717, 1.165) is 0 Å². The monoisotopic (exact) mass is 132 g/mol. The van der Waals surface area contributed by atoms with Crippen molar-refractivity contribution >= 4 is 5.71 Å². The van der Waals surface area contributed by atoms with Gasteiger partial charge in [-0.3, -0.25) is 0 Å². The van der Waals surface area contributed by atoms with Crippen LogP contribution in [-0.4, -0.2) is 23.4 Å². The highest BCUT2D eigenvalue weighted by Gasteiger charge is 2.50. The van der Waals surface area contributed by atoms with E-state index in [1.54, 1.807) is 7.05 Å². The normalized spacial score (nSPS) is 25.5. The highest BCUT2D eigenvalue weighted by atomic mass is 15.2. The van der Waals surface area contributed by atoms with Crippen LogP contribution < -0.4 is 0 Å². The van der Waals surface area contributed by atoms with Crippen LogP contribution in [0.2, 0.25) is 0 Å². The smallest absolute Gasteiger partial charge is 0.166 e. The van der Waals surface area contributed by atoms with Gasteiger partial charge in [0.15, 0.2) is 6.20 Å². The molecule has 2 heteroatoms. The van der Waals surface area contributed by atoms with Gasteiger partial charge in [-0.05, 0) is 6.08 Å². The summed E-state index contributed by atoms with van der Waals surface area (Å²) in [5.41, 5.74) is 1.17. The number of rotatable bonds is 0. The molecule has 1 atom stereocenters. The summed E-state index contributed by atoms with van der Waals surface area (Å²) >= 11 is 0. The lowest BCUT2D eigenvalue weighted by atomic mass is 10.3. The SMILES string of the molecule is C[N+]#CC1=[N+]2C=CC=CC12. The molecule has 0 aromatic rings. The van der Waals surface area contributed by atoms with E-state index in [9.17, 15) is 0 Å². The molecule has 0 aliphatic carbocycles. The lowest BCUT2D eigenvalue weighted by Gasteiger charge is -1.79. The summed E-state index contributed by atoms with van der Waals surface area (Å²) < 4.78 is 2.13. The first-order valence-corrected chi connectivity index (χ1v) is 3.28. The Balaban J connectivity index is 2.28. The minimum Gasteiger partial charge on any atom is -0.166 e. The first kappa shape index (κ1) is 5.43. The van der Waals surface area contributed by atoms with Gasteiger partial charge in [0.2, 0.25) is 0 Å². The molecular weight excluding hydrogens is 124 g/mol. The van der Waals surface area contributed by atoms with Crippen molar-refractivity contribution in [1.82, 2.24) is 0 Å². The molecule has 2 rings (SSSR count). The number of fused-ring (bicyclic) bond motifs is 1. The largest absolute Gasteiger partial charge is 0.385 e. The van der Waals surface area contributed by atoms with E-state index in [-0.39, 0.29) is 0 Å². The molecule has 0 aromatic heterocycles. The molecule has 0 saturated carbocycles. The summed E-state index contributed by atoms with van der Waals surface area (Å²) in [5.74, 6) is 0. The first-order chi connectivity index (χ1) is 4.93. The maximum atomic E-state index is 3.83. The maximum absolute atomic E-state index is 3.83. The summed E-state index contributed by atoms with van der Waals surface area (Å²) in [5, 5.41) is 0. The molecule has 0 spiro atoms. The lowest BCUT2D eigenvalue weighted by molar-refractivity contribution is -0.384. The van der Waals surface area contributed by atoms with Crippen LogP contribution in [0.4, 0.5) is 0 Å². The highest BCUT2D eigenvalue weighted by Crippen LogP contribution is 2.17. The Morgan fingerprint density at radius 1 is 1.60 bits per heavy atom. The van der Waals surface area contributed by atoms with Crippen molar-refractivity contribution < 1.29 is 4.58 Å². The van der Waals surface area contributed by atoms with Crippen molar-refractivity contribution in [3.8, 4) is 6.07 Å². The summed E-state index contributed by atoms with van der Waals surface area (Å²) in [6.45, 7) is 0. The second kappa shape index (κ2) is 1.81. The summed E-state index contributed by atoms with van der Waals surface area (Å²) in [7, 11) is 1.74. The molecule has 1 unspecified atom stereocenters. The third-order valence-corrected chi connectivity index (χ3v) is 1.67. The van der Waals surface area contributed by atoms with E-state index >= 15 is 0 Å². The molecule has 2 heterocycles. The zero-order valence-corrected chi connectivity index (χ0v) is 5.78. The van der Waals surface area contributed by atoms with E-state index in [1.165, 1.54) is 5.71 Å². The van der Waals surface area contributed by atoms with E-state index in [1.807, 2.05) is 18.4 Å². The van der Waals surface area contributed by atoms with Gasteiger partial charge in [0.25, 0.3) is 13.1 Å². The molecule has 10 heavy (non-hydrogen) atoms. The van der Waals surface area contributed by atoms with Gasteiger partial charge < -0.3 is 0 Å². The second-order valence-electron chi connectivity index (χ2n) is 2.30. The molecular formula is C8H8N2+2. The van der Waals surface area contributed by atoms with Gasteiger partial charge in [0, 0.05) is 6.08 Å². The van der Waals surface area contributed by atoms with Crippen LogP contribution in [0, 0.1) is 6.07 Å². The summed E-state index contributed by atoms with van der Waals surface area (Å²) in [6.07, 6.45) is 8.23. The van der Waals surface area contributed by atoms with Gasteiger partial charge >= 0.3 is 11.8 Å². The average molecular weight is 132 g/mol. The van der Waals surface area contributed by atoms with Crippen LogP contribution in [-0.2, 0) is 0 Å². The Bertz CT molecular complexity index is 310. The quantitative estimate of drug-likeness (QED) is 0.432. The predicted molar refractivity (Wildman–Crippen MR) is 40.5 cm³/mol. The van der Waals surface area contributed by atoms with Crippen molar-refractivity contribution in [3.05, 3.63) is 29.3 Å². The van der Waals surface area contributed by atoms with Crippen molar-refractivity contribution in [3.63, 3.8) is 0 Å². The van der Waals surface area contributed by atoms with Gasteiger partial charge in [-0.1, -0.05) is 10.9 Å². The van der Waals surface area contributed by atoms with Gasteiger partial charge in [-0.2, -0.15) is 4.58 Å². The minimum atomic E-state index is 0.466. The van der Waals surface area contributed by atoms with Gasteiger partial charge in [-0.25, -0.2) is 0 Å². The molecule has 0 aromatic carbocycles. The molecule has 0 N–H and O–H groups in total. The van der Waals surface area contributed by atoms with Crippen molar-refractivity contribution in [2.45, 2.75) is 6.04 Å². The Morgan fingerprint density at radius 3 is 3.10 bits per heavy atom. The van der Waals surface area contributed by atoms with Crippen molar-refractivity contribution in [1.29, 1.82) is 0 Å². The average Bonchev–Trinajstić information content (AvgIpc) is 2.66. The van der Waals surface area contributed by atoms with Crippen LogP contribution in [0.25, 0.3) is 4.85 Å². The van der Waals surface area contributed by atoms with Crippen LogP contribution in [0.3, 0.4) is 0 Å². The van der Waals surface area contributed by atoms with E-state index in [2.05, 4.69) is 21.6 Å². The van der Waals surface area contributed by atoms with E-state index in [0.29, 0.717) is 6.04 Å². The van der Waals surface area contributed by atoms with Gasteiger partial charge in [0.1, 0.15) is 0 Å². The lowest BCUT2D eigenvalue weighted by Crippen LogP contribution is -1.95. The second-order valence-corrected chi connectivity index (χ2v) is 2.30. The van der Waals surface area contributed by atoms with Crippen LogP contribution in [0.15, 0.2) is 24.4 Å². The topological polar surface area (TPSA) is 7.37 Å². The Morgan fingerprint density at radius 2 is 2.50 bits per heavy atom. The third-order valence-electron chi connectivity index (χ3n) is 1.67. The van der Waals surface area contributed by atoms with E-state index in [4.69, 9.17) is 0 Å². The van der Waals surface area contributed by atoms with Crippen LogP contribution >= 0.6 is 0 Å². The Kier molecular flexibility index (Phi) is 0.983. The standard InChI is InChI=1S/C8H8N2/c1-9-6-8-7-4-2-3-5-10(7)8/h2-5,7H,1H3/q+2. The number of hydrogen-bond acceptors (Lipinski definition) is 0. The zero-order valence-electron chi connectivity index (χ0n) is 5.78. The highest BCUT2D eigenvalue weighted by molar-refractivity contribution is 6.07. The third kappa shape index (κ3) is 0.608. The van der Waals surface area contributed by atoms with Crippen LogP contribution in [0.1, 0.15) is 0 Å². The molecule has 48 valence electrons. The van der Waals surface area contributed by atoms with Crippen molar-refractivity contribution in [2.24, 2.45) is 0 Å². The molecule has 0 saturated heterocycles. The maximum Gasteiger partial charge on any atom is 0.385 e. The fraction of sp³-hybridized carbons (Fsp3) is 0.250. The molecule has 2 nitrogen and oxygen atoms in total. The number of nitrogens with zero attached hydrogens (tertiary/aromatic N) is 2. The minimum absolute atomic E-state index is 0.466. The molecule has 0 radical (unpaired) electrons. The van der Waals surface area contributed by atoms with Crippen LogP contribution in [0.5, 0.6) is 0 Å². The van der Waals surface area contributed by atoms with Crippen molar-refractivity contribution in [2.75, 3.05) is 7.05 Å². The summed E-state index contributed by atoms with van der Waals surface area (Å²) in [4.78, 5) is 3.83. The fourth-order valence-corrected chi connectivity index (χ4v) is 1.13.